The van der Waals surface area contributed by atoms with Crippen molar-refractivity contribution in [1.29, 1.82) is 0 Å². The number of halogens is 3. The van der Waals surface area contributed by atoms with Gasteiger partial charge < -0.3 is 4.74 Å². The fraction of sp³-hybridized carbons (Fsp3) is 0.261. The number of ether oxygens (including phenoxy) is 1. The van der Waals surface area contributed by atoms with E-state index >= 15 is 0 Å². The summed E-state index contributed by atoms with van der Waals surface area (Å²) in [6, 6.07) is 11.2. The Kier molecular flexibility index (Phi) is 5.52. The molecule has 1 aliphatic heterocycles. The van der Waals surface area contributed by atoms with E-state index in [0.717, 1.165) is 22.6 Å². The van der Waals surface area contributed by atoms with Crippen LogP contribution in [0.25, 0.3) is 0 Å². The van der Waals surface area contributed by atoms with E-state index < -0.39 is 0 Å². The average Bonchev–Trinajstić information content (AvgIpc) is 3.41. The molecule has 1 saturated carbocycles. The van der Waals surface area contributed by atoms with Gasteiger partial charge >= 0.3 is 0 Å². The van der Waals surface area contributed by atoms with Gasteiger partial charge in [-0.3, -0.25) is 9.59 Å². The van der Waals surface area contributed by atoms with Crippen molar-refractivity contribution >= 4 is 61.5 Å². The number of imide groups is 1. The molecule has 0 spiro atoms. The lowest BCUT2D eigenvalue weighted by atomic mass is 9.85. The van der Waals surface area contributed by atoms with Crippen LogP contribution in [0, 0.1) is 23.7 Å². The van der Waals surface area contributed by atoms with Crippen LogP contribution in [0.1, 0.15) is 17.5 Å². The molecule has 2 aromatic rings. The van der Waals surface area contributed by atoms with Crippen LogP contribution in [0.2, 0.25) is 5.02 Å². The van der Waals surface area contributed by atoms with Gasteiger partial charge in [-0.2, -0.15) is 10.1 Å². The first-order valence-electron chi connectivity index (χ1n) is 9.89. The number of nitrogens with zero attached hydrogens (tertiary/aromatic N) is 2. The number of rotatable bonds is 5. The lowest BCUT2D eigenvalue weighted by molar-refractivity contribution is -0.140. The molecule has 31 heavy (non-hydrogen) atoms. The highest BCUT2D eigenvalue weighted by Crippen LogP contribution is 2.52. The third-order valence-electron chi connectivity index (χ3n) is 6.12. The number of carbonyl (C=O) groups excluding carboxylic acids is 2. The molecule has 0 aromatic heterocycles. The molecule has 8 heteroatoms. The highest BCUT2D eigenvalue weighted by Gasteiger charge is 2.59. The second kappa shape index (κ2) is 8.19. The number of carbonyl (C=O) groups is 2. The van der Waals surface area contributed by atoms with E-state index in [1.165, 1.54) is 6.21 Å². The molecule has 2 fully saturated rings. The molecular weight excluding hydrogens is 548 g/mol. The molecule has 4 atom stereocenters. The quantitative estimate of drug-likeness (QED) is 0.271. The van der Waals surface area contributed by atoms with Gasteiger partial charge in [-0.25, -0.2) is 0 Å². The van der Waals surface area contributed by atoms with E-state index in [0.29, 0.717) is 26.3 Å². The zero-order valence-electron chi connectivity index (χ0n) is 16.2. The molecule has 2 amide bonds. The van der Waals surface area contributed by atoms with E-state index in [4.69, 9.17) is 16.3 Å². The molecular formula is C23H17Br2ClN2O3. The van der Waals surface area contributed by atoms with Crippen LogP contribution in [0.5, 0.6) is 5.75 Å². The summed E-state index contributed by atoms with van der Waals surface area (Å²) < 4.78 is 7.37. The van der Waals surface area contributed by atoms with Crippen LogP contribution in [0.3, 0.4) is 0 Å². The molecule has 1 saturated heterocycles. The Balaban J connectivity index is 1.31. The zero-order valence-corrected chi connectivity index (χ0v) is 20.1. The largest absolute Gasteiger partial charge is 0.486 e. The summed E-state index contributed by atoms with van der Waals surface area (Å²) in [6.45, 7) is 0.320. The molecule has 5 nitrogen and oxygen atoms in total. The maximum atomic E-state index is 12.8. The topological polar surface area (TPSA) is 59.0 Å². The molecule has 1 heterocycles. The van der Waals surface area contributed by atoms with E-state index in [2.05, 4.69) is 49.1 Å². The van der Waals surface area contributed by atoms with Gasteiger partial charge in [0, 0.05) is 10.6 Å². The van der Waals surface area contributed by atoms with Gasteiger partial charge in [-0.15, -0.1) is 0 Å². The molecule has 2 aliphatic carbocycles. The Morgan fingerprint density at radius 2 is 1.68 bits per heavy atom. The highest BCUT2D eigenvalue weighted by atomic mass is 79.9. The van der Waals surface area contributed by atoms with Crippen molar-refractivity contribution in [1.82, 2.24) is 5.01 Å². The maximum Gasteiger partial charge on any atom is 0.254 e. The first-order chi connectivity index (χ1) is 14.9. The number of hydrazone groups is 1. The molecule has 3 aliphatic rings. The van der Waals surface area contributed by atoms with E-state index in [1.807, 2.05) is 36.4 Å². The summed E-state index contributed by atoms with van der Waals surface area (Å²) >= 11 is 13.2. The van der Waals surface area contributed by atoms with Crippen LogP contribution in [-0.4, -0.2) is 23.0 Å². The van der Waals surface area contributed by atoms with Gasteiger partial charge in [0.05, 0.1) is 27.0 Å². The van der Waals surface area contributed by atoms with Crippen molar-refractivity contribution in [3.05, 3.63) is 73.6 Å². The van der Waals surface area contributed by atoms with Gasteiger partial charge in [0.15, 0.2) is 0 Å². The fourth-order valence-corrected chi connectivity index (χ4v) is 6.32. The second-order valence-corrected chi connectivity index (χ2v) is 10.0. The van der Waals surface area contributed by atoms with Gasteiger partial charge in [0.1, 0.15) is 12.4 Å². The van der Waals surface area contributed by atoms with Crippen LogP contribution in [0.15, 0.2) is 62.6 Å². The predicted octanol–water partition coefficient (Wildman–Crippen LogP) is 5.59. The fourth-order valence-electron chi connectivity index (χ4n) is 4.68. The number of benzene rings is 2. The number of amides is 2. The van der Waals surface area contributed by atoms with E-state index in [-0.39, 0.29) is 35.5 Å². The van der Waals surface area contributed by atoms with Crippen molar-refractivity contribution < 1.29 is 14.3 Å². The SMILES string of the molecule is O=C1[C@H]2[C@H](C(=O)N1/N=C\c1cc(Br)c(OCc3ccccc3Cl)c(Br)c1)[C@H]1C=C[C@H]2C1. The van der Waals surface area contributed by atoms with Crippen LogP contribution in [0.4, 0.5) is 0 Å². The number of allylic oxidation sites excluding steroid dienone is 2. The van der Waals surface area contributed by atoms with E-state index in [9.17, 15) is 9.59 Å². The Bertz CT molecular complexity index is 1100. The minimum Gasteiger partial charge on any atom is -0.486 e. The minimum absolute atomic E-state index is 0.171. The summed E-state index contributed by atoms with van der Waals surface area (Å²) in [7, 11) is 0. The van der Waals surface area contributed by atoms with Crippen LogP contribution in [-0.2, 0) is 16.2 Å². The third-order valence-corrected chi connectivity index (χ3v) is 7.67. The maximum absolute atomic E-state index is 12.8. The van der Waals surface area contributed by atoms with Gasteiger partial charge in [0.25, 0.3) is 11.8 Å². The number of hydrogen-bond donors (Lipinski definition) is 0. The van der Waals surface area contributed by atoms with Crippen molar-refractivity contribution in [2.45, 2.75) is 13.0 Å². The Morgan fingerprint density at radius 1 is 1.06 bits per heavy atom. The molecule has 2 aromatic carbocycles. The van der Waals surface area contributed by atoms with E-state index in [1.54, 1.807) is 0 Å². The Morgan fingerprint density at radius 3 is 2.29 bits per heavy atom. The Hall–Kier alpha value is -1.96. The molecule has 2 bridgehead atoms. The summed E-state index contributed by atoms with van der Waals surface area (Å²) in [6.07, 6.45) is 6.57. The predicted molar refractivity (Wildman–Crippen MR) is 125 cm³/mol. The number of fused-ring (bicyclic) bond motifs is 5. The smallest absolute Gasteiger partial charge is 0.254 e. The van der Waals surface area contributed by atoms with Gasteiger partial charge in [0.2, 0.25) is 0 Å². The molecule has 5 rings (SSSR count). The summed E-state index contributed by atoms with van der Waals surface area (Å²) in [4.78, 5) is 25.5. The first kappa shape index (κ1) is 20.9. The van der Waals surface area contributed by atoms with Crippen molar-refractivity contribution in [3.8, 4) is 5.75 Å². The van der Waals surface area contributed by atoms with Crippen molar-refractivity contribution in [2.24, 2.45) is 28.8 Å². The second-order valence-electron chi connectivity index (χ2n) is 7.93. The molecule has 0 unspecified atom stereocenters. The average molecular weight is 565 g/mol. The zero-order chi connectivity index (χ0) is 21.7. The van der Waals surface area contributed by atoms with Crippen LogP contribution >= 0.6 is 43.5 Å². The standard InChI is InChI=1S/C23H17Br2ClN2O3/c24-16-7-12(8-17(25)21(16)31-11-15-3-1-2-4-18(15)26)10-27-28-22(29)19-13-5-6-14(9-13)20(19)23(28)30/h1-8,10,13-14,19-20H,9,11H2/b27-10-/t13-,14-,19+,20+/m0/s1. The van der Waals surface area contributed by atoms with Crippen molar-refractivity contribution in [2.75, 3.05) is 0 Å². The first-order valence-corrected chi connectivity index (χ1v) is 11.9. The van der Waals surface area contributed by atoms with Crippen molar-refractivity contribution in [3.63, 3.8) is 0 Å². The van der Waals surface area contributed by atoms with Gasteiger partial charge in [-0.05, 0) is 73.9 Å². The minimum atomic E-state index is -0.251. The highest BCUT2D eigenvalue weighted by molar-refractivity contribution is 9.11. The number of hydrogen-bond acceptors (Lipinski definition) is 4. The van der Waals surface area contributed by atoms with Gasteiger partial charge in [-0.1, -0.05) is 42.0 Å². The van der Waals surface area contributed by atoms with Crippen LogP contribution < -0.4 is 4.74 Å². The molecule has 0 N–H and O–H groups in total. The lowest BCUT2D eigenvalue weighted by Crippen LogP contribution is -2.28. The summed E-state index contributed by atoms with van der Waals surface area (Å²) in [5.74, 6) is 0.0795. The summed E-state index contributed by atoms with van der Waals surface area (Å²) in [5.41, 5.74) is 1.61. The molecule has 158 valence electrons. The lowest BCUT2D eigenvalue weighted by Gasteiger charge is -2.13. The monoisotopic (exact) mass is 562 g/mol. The normalized spacial score (nSPS) is 26.4. The molecule has 0 radical (unpaired) electrons. The summed E-state index contributed by atoms with van der Waals surface area (Å²) in [5, 5.41) is 5.93. The third kappa shape index (κ3) is 3.66. The Labute approximate surface area is 201 Å².